The molecule has 0 saturated carbocycles. The average molecular weight is 415 g/mol. The van der Waals surface area contributed by atoms with Crippen molar-refractivity contribution >= 4 is 17.2 Å². The zero-order valence-corrected chi connectivity index (χ0v) is 16.5. The molecule has 0 radical (unpaired) electrons. The summed E-state index contributed by atoms with van der Waals surface area (Å²) in [7, 11) is 0. The number of nitro groups is 1. The Morgan fingerprint density at radius 3 is 2.86 bits per heavy atom. The van der Waals surface area contributed by atoms with E-state index in [4.69, 9.17) is 9.72 Å². The van der Waals surface area contributed by atoms with E-state index in [1.807, 2.05) is 6.92 Å². The van der Waals surface area contributed by atoms with Crippen LogP contribution in [0.2, 0.25) is 0 Å². The number of nitrogens with zero attached hydrogens (tertiary/aromatic N) is 5. The van der Waals surface area contributed by atoms with Crippen molar-refractivity contribution in [2.24, 2.45) is 0 Å². The number of imidazole rings is 1. The summed E-state index contributed by atoms with van der Waals surface area (Å²) in [5, 5.41) is 11.8. The summed E-state index contributed by atoms with van der Waals surface area (Å²) >= 11 is 1.66. The molecule has 150 valence electrons. The second-order valence-electron chi connectivity index (χ2n) is 7.68. The van der Waals surface area contributed by atoms with E-state index in [-0.39, 0.29) is 11.6 Å². The van der Waals surface area contributed by atoms with Gasteiger partial charge in [0.2, 0.25) is 0 Å². The van der Waals surface area contributed by atoms with Gasteiger partial charge in [0, 0.05) is 35.1 Å². The minimum absolute atomic E-state index is 0.194. The monoisotopic (exact) mass is 415 g/mol. The predicted octanol–water partition coefficient (Wildman–Crippen LogP) is 3.26. The van der Waals surface area contributed by atoms with Gasteiger partial charge in [-0.05, 0) is 42.5 Å². The molecule has 1 atom stereocenters. The molecule has 29 heavy (non-hydrogen) atoms. The number of hydrogen-bond donors (Lipinski definition) is 0. The highest BCUT2D eigenvalue weighted by Crippen LogP contribution is 2.35. The lowest BCUT2D eigenvalue weighted by atomic mass is 10.0. The van der Waals surface area contributed by atoms with Crippen LogP contribution in [0.3, 0.4) is 0 Å². The molecule has 3 aromatic rings. The van der Waals surface area contributed by atoms with E-state index >= 15 is 0 Å². The first-order valence-corrected chi connectivity index (χ1v) is 10.1. The third kappa shape index (κ3) is 3.38. The Morgan fingerprint density at radius 1 is 1.34 bits per heavy atom. The number of fused-ring (bicyclic) bond motifs is 2. The van der Waals surface area contributed by atoms with Gasteiger partial charge in [0.15, 0.2) is 0 Å². The lowest BCUT2D eigenvalue weighted by Gasteiger charge is -2.32. The first-order valence-electron chi connectivity index (χ1n) is 9.26. The Labute approximate surface area is 169 Å². The Kier molecular flexibility index (Phi) is 4.14. The second-order valence-corrected chi connectivity index (χ2v) is 8.76. The standard InChI is InChI=1S/C19H18FN5O3S/c1-19(11-24-9-16(25(26)27)22-18(24)28-19)10-23-7-6-15-14(8-23)21-17(29-15)12-2-4-13(20)5-3-12/h2-5,9H,6-8,10-11H2,1H3/t19-/m0/s1. The normalized spacial score (nSPS) is 20.9. The van der Waals surface area contributed by atoms with Crippen LogP contribution in [0, 0.1) is 15.9 Å². The van der Waals surface area contributed by atoms with Crippen molar-refractivity contribution in [3.8, 4) is 16.6 Å². The Morgan fingerprint density at radius 2 is 2.14 bits per heavy atom. The van der Waals surface area contributed by atoms with Crippen LogP contribution in [0.1, 0.15) is 17.5 Å². The van der Waals surface area contributed by atoms with Crippen molar-refractivity contribution < 1.29 is 14.1 Å². The molecule has 0 aliphatic carbocycles. The van der Waals surface area contributed by atoms with Crippen LogP contribution in [0.4, 0.5) is 10.2 Å². The van der Waals surface area contributed by atoms with E-state index in [2.05, 4.69) is 9.88 Å². The van der Waals surface area contributed by atoms with Crippen LogP contribution in [-0.4, -0.2) is 43.0 Å². The molecule has 0 fully saturated rings. The molecule has 0 unspecified atom stereocenters. The summed E-state index contributed by atoms with van der Waals surface area (Å²) in [6, 6.07) is 6.71. The molecule has 10 heteroatoms. The number of ether oxygens (including phenoxy) is 1. The summed E-state index contributed by atoms with van der Waals surface area (Å²) in [5.74, 6) is -0.447. The van der Waals surface area contributed by atoms with Crippen molar-refractivity contribution in [3.05, 3.63) is 57.0 Å². The first kappa shape index (κ1) is 18.2. The molecular formula is C19H18FN5O3S. The Bertz CT molecular complexity index is 1070. The molecular weight excluding hydrogens is 397 g/mol. The quantitative estimate of drug-likeness (QED) is 0.480. The molecule has 2 aromatic heterocycles. The largest absolute Gasteiger partial charge is 0.436 e. The molecule has 5 rings (SSSR count). The minimum Gasteiger partial charge on any atom is -0.436 e. The van der Waals surface area contributed by atoms with Gasteiger partial charge in [0.05, 0.1) is 12.2 Å². The molecule has 4 heterocycles. The van der Waals surface area contributed by atoms with Gasteiger partial charge in [-0.15, -0.1) is 11.3 Å². The number of benzene rings is 1. The predicted molar refractivity (Wildman–Crippen MR) is 104 cm³/mol. The third-order valence-corrected chi connectivity index (χ3v) is 6.42. The SMILES string of the molecule is C[C@]1(CN2CCc3sc(-c4ccc(F)cc4)nc3C2)Cn2cc([N+](=O)[O-])nc2O1. The number of halogens is 1. The topological polar surface area (TPSA) is 86.3 Å². The lowest BCUT2D eigenvalue weighted by molar-refractivity contribution is -0.389. The lowest BCUT2D eigenvalue weighted by Crippen LogP contribution is -2.46. The number of thiazole rings is 1. The summed E-state index contributed by atoms with van der Waals surface area (Å²) in [6.45, 7) is 4.79. The fraction of sp³-hybridized carbons (Fsp3) is 0.368. The van der Waals surface area contributed by atoms with Gasteiger partial charge in [-0.25, -0.2) is 9.37 Å². The molecule has 0 amide bonds. The molecule has 1 aromatic carbocycles. The molecule has 0 N–H and O–H groups in total. The van der Waals surface area contributed by atoms with Crippen LogP contribution in [0.15, 0.2) is 30.5 Å². The van der Waals surface area contributed by atoms with Crippen molar-refractivity contribution in [1.29, 1.82) is 0 Å². The van der Waals surface area contributed by atoms with E-state index in [1.165, 1.54) is 23.2 Å². The minimum atomic E-state index is -0.515. The molecule has 8 nitrogen and oxygen atoms in total. The fourth-order valence-corrected chi connectivity index (χ4v) is 5.00. The van der Waals surface area contributed by atoms with Crippen LogP contribution in [0.25, 0.3) is 10.6 Å². The van der Waals surface area contributed by atoms with E-state index in [1.54, 1.807) is 28.0 Å². The van der Waals surface area contributed by atoms with Crippen molar-refractivity contribution in [1.82, 2.24) is 19.4 Å². The Hall–Kier alpha value is -2.85. The number of rotatable bonds is 4. The smallest absolute Gasteiger partial charge is 0.415 e. The van der Waals surface area contributed by atoms with Gasteiger partial charge in [-0.3, -0.25) is 9.47 Å². The molecule has 0 spiro atoms. The summed E-state index contributed by atoms with van der Waals surface area (Å²) < 4.78 is 20.8. The molecule has 0 saturated heterocycles. The van der Waals surface area contributed by atoms with Gasteiger partial charge in [-0.2, -0.15) is 0 Å². The maximum absolute atomic E-state index is 13.2. The van der Waals surface area contributed by atoms with Crippen molar-refractivity contribution in [2.75, 3.05) is 13.1 Å². The van der Waals surface area contributed by atoms with Gasteiger partial charge in [0.1, 0.15) is 22.6 Å². The zero-order valence-electron chi connectivity index (χ0n) is 15.7. The summed E-state index contributed by atoms with van der Waals surface area (Å²) in [6.07, 6.45) is 2.32. The molecule has 2 aliphatic rings. The maximum atomic E-state index is 13.2. The highest BCUT2D eigenvalue weighted by Gasteiger charge is 2.42. The fourth-order valence-electron chi connectivity index (χ4n) is 3.94. The van der Waals surface area contributed by atoms with E-state index < -0.39 is 10.5 Å². The van der Waals surface area contributed by atoms with Crippen molar-refractivity contribution in [3.63, 3.8) is 0 Å². The number of aromatic nitrogens is 3. The van der Waals surface area contributed by atoms with Gasteiger partial charge in [0.25, 0.3) is 0 Å². The van der Waals surface area contributed by atoms with E-state index in [0.717, 1.165) is 29.2 Å². The maximum Gasteiger partial charge on any atom is 0.415 e. The van der Waals surface area contributed by atoms with Gasteiger partial charge >= 0.3 is 11.8 Å². The second kappa shape index (κ2) is 6.60. The highest BCUT2D eigenvalue weighted by atomic mass is 32.1. The van der Waals surface area contributed by atoms with Crippen LogP contribution >= 0.6 is 11.3 Å². The zero-order chi connectivity index (χ0) is 20.2. The van der Waals surface area contributed by atoms with Crippen LogP contribution in [-0.2, 0) is 19.5 Å². The Balaban J connectivity index is 1.28. The molecule has 2 aliphatic heterocycles. The first-order chi connectivity index (χ1) is 13.9. The highest BCUT2D eigenvalue weighted by molar-refractivity contribution is 7.15. The summed E-state index contributed by atoms with van der Waals surface area (Å²) in [5.41, 5.74) is 1.48. The average Bonchev–Trinajstić information content (AvgIpc) is 3.33. The van der Waals surface area contributed by atoms with E-state index in [0.29, 0.717) is 25.6 Å². The van der Waals surface area contributed by atoms with Gasteiger partial charge in [-0.1, -0.05) is 0 Å². The third-order valence-electron chi connectivity index (χ3n) is 5.21. The van der Waals surface area contributed by atoms with Crippen molar-refractivity contribution in [2.45, 2.75) is 32.0 Å². The van der Waals surface area contributed by atoms with Crippen LogP contribution < -0.4 is 4.74 Å². The van der Waals surface area contributed by atoms with E-state index in [9.17, 15) is 14.5 Å². The van der Waals surface area contributed by atoms with Crippen LogP contribution in [0.5, 0.6) is 6.01 Å². The van der Waals surface area contributed by atoms with Gasteiger partial charge < -0.3 is 14.9 Å². The number of hydrogen-bond acceptors (Lipinski definition) is 7. The summed E-state index contributed by atoms with van der Waals surface area (Å²) in [4.78, 5) is 22.6. The molecule has 0 bridgehead atoms.